The van der Waals surface area contributed by atoms with Crippen molar-refractivity contribution in [3.05, 3.63) is 126 Å². The molecule has 5 aromatic rings. The maximum Gasteiger partial charge on any atom is 0.426 e. The van der Waals surface area contributed by atoms with Gasteiger partial charge in [0.25, 0.3) is 0 Å². The number of halogens is 4. The van der Waals surface area contributed by atoms with E-state index in [1.165, 1.54) is 48.9 Å². The summed E-state index contributed by atoms with van der Waals surface area (Å²) < 4.78 is 69.6. The number of rotatable bonds is 12. The largest absolute Gasteiger partial charge is 0.491 e. The minimum atomic E-state index is -3.57. The maximum absolute atomic E-state index is 15.0. The molecule has 4 aromatic carbocycles. The van der Waals surface area contributed by atoms with E-state index in [1.54, 1.807) is 49.4 Å². The van der Waals surface area contributed by atoms with Crippen molar-refractivity contribution in [1.82, 2.24) is 4.98 Å². The van der Waals surface area contributed by atoms with E-state index < -0.39 is 17.7 Å². The van der Waals surface area contributed by atoms with Crippen LogP contribution in [0.4, 0.5) is 17.6 Å². The Labute approximate surface area is 255 Å². The predicted octanol–water partition coefficient (Wildman–Crippen LogP) is 10.6. The molecule has 0 bridgehead atoms. The zero-order chi connectivity index (χ0) is 31.1. The summed E-state index contributed by atoms with van der Waals surface area (Å²) in [6, 6.07) is 24.7. The maximum atomic E-state index is 15.0. The molecule has 1 heterocycles. The molecule has 0 aliphatic heterocycles. The third-order valence-electron chi connectivity index (χ3n) is 7.36. The number of ether oxygens (including phenoxy) is 2. The highest BCUT2D eigenvalue weighted by molar-refractivity contribution is 5.72. The number of hydrogen-bond donors (Lipinski definition) is 0. The molecule has 7 heteroatoms. The van der Waals surface area contributed by atoms with Crippen LogP contribution in [-0.2, 0) is 12.5 Å². The van der Waals surface area contributed by atoms with Crippen LogP contribution in [-0.4, -0.2) is 11.6 Å². The monoisotopic (exact) mass is 599 g/mol. The van der Waals surface area contributed by atoms with Crippen LogP contribution in [0.15, 0.2) is 103 Å². The quantitative estimate of drug-likeness (QED) is 0.106. The smallest absolute Gasteiger partial charge is 0.426 e. The highest BCUT2D eigenvalue weighted by Gasteiger charge is 2.34. The molecule has 5 rings (SSSR count). The van der Waals surface area contributed by atoms with Gasteiger partial charge in [-0.15, -0.1) is 0 Å². The van der Waals surface area contributed by atoms with Crippen molar-refractivity contribution < 1.29 is 27.0 Å². The van der Waals surface area contributed by atoms with Crippen LogP contribution in [0.3, 0.4) is 0 Å². The second-order valence-electron chi connectivity index (χ2n) is 10.5. The van der Waals surface area contributed by atoms with E-state index in [0.717, 1.165) is 30.4 Å². The van der Waals surface area contributed by atoms with Crippen molar-refractivity contribution in [2.75, 3.05) is 6.61 Å². The van der Waals surface area contributed by atoms with Crippen molar-refractivity contribution in [3.8, 4) is 45.0 Å². The number of benzene rings is 4. The van der Waals surface area contributed by atoms with Crippen molar-refractivity contribution in [2.45, 2.75) is 45.6 Å². The Morgan fingerprint density at radius 2 is 1.36 bits per heavy atom. The minimum absolute atomic E-state index is 0.0369. The van der Waals surface area contributed by atoms with Gasteiger partial charge in [-0.05, 0) is 90.6 Å². The summed E-state index contributed by atoms with van der Waals surface area (Å²) in [4.78, 5) is 4.50. The van der Waals surface area contributed by atoms with Crippen LogP contribution < -0.4 is 9.47 Å². The summed E-state index contributed by atoms with van der Waals surface area (Å²) in [6.45, 7) is 4.24. The Kier molecular flexibility index (Phi) is 9.63. The standard InChI is InChI=1S/C37H33F4NO2/c1-3-5-6-7-25-8-20-35(42-24-25)27-9-15-30(16-10-27)37(40,41)44-31-17-11-26(12-18-31)28-13-19-32(33(38)22-28)29-14-21-36(43-4-2)34(39)23-29/h8-24H,3-7H2,1-2H3. The molecule has 0 saturated heterocycles. The molecule has 1 aromatic heterocycles. The lowest BCUT2D eigenvalue weighted by Gasteiger charge is -2.19. The van der Waals surface area contributed by atoms with Gasteiger partial charge in [-0.25, -0.2) is 8.78 Å². The SMILES string of the molecule is CCCCCc1ccc(-c2ccc(C(F)(F)Oc3ccc(-c4ccc(-c5ccc(OCC)c(F)c5)c(F)c4)cc3)cc2)nc1. The molecule has 0 fully saturated rings. The first-order valence-corrected chi connectivity index (χ1v) is 14.7. The number of nitrogens with zero attached hydrogens (tertiary/aromatic N) is 1. The normalized spacial score (nSPS) is 11.4. The average Bonchev–Trinajstić information content (AvgIpc) is 3.03. The predicted molar refractivity (Wildman–Crippen MR) is 166 cm³/mol. The van der Waals surface area contributed by atoms with Crippen LogP contribution in [0.2, 0.25) is 0 Å². The molecule has 0 radical (unpaired) electrons. The lowest BCUT2D eigenvalue weighted by Crippen LogP contribution is -2.21. The second kappa shape index (κ2) is 13.8. The first kappa shape index (κ1) is 30.8. The van der Waals surface area contributed by atoms with E-state index >= 15 is 13.2 Å². The summed E-state index contributed by atoms with van der Waals surface area (Å²) in [5.74, 6) is -1.05. The van der Waals surface area contributed by atoms with E-state index in [-0.39, 0.29) is 22.6 Å². The number of hydrogen-bond acceptors (Lipinski definition) is 3. The number of alkyl halides is 2. The zero-order valence-corrected chi connectivity index (χ0v) is 24.6. The van der Waals surface area contributed by atoms with Gasteiger partial charge in [0.15, 0.2) is 11.6 Å². The fourth-order valence-corrected chi connectivity index (χ4v) is 4.95. The van der Waals surface area contributed by atoms with Crippen LogP contribution in [0, 0.1) is 11.6 Å². The van der Waals surface area contributed by atoms with Gasteiger partial charge in [-0.1, -0.05) is 68.3 Å². The molecule has 0 atom stereocenters. The van der Waals surface area contributed by atoms with Gasteiger partial charge in [0, 0.05) is 17.3 Å². The third-order valence-corrected chi connectivity index (χ3v) is 7.36. The highest BCUT2D eigenvalue weighted by Crippen LogP contribution is 2.35. The summed E-state index contributed by atoms with van der Waals surface area (Å²) in [5, 5.41) is 0. The average molecular weight is 600 g/mol. The van der Waals surface area contributed by atoms with Gasteiger partial charge in [-0.2, -0.15) is 8.78 Å². The lowest BCUT2D eigenvalue weighted by molar-refractivity contribution is -0.185. The Balaban J connectivity index is 1.24. The van der Waals surface area contributed by atoms with Gasteiger partial charge < -0.3 is 9.47 Å². The van der Waals surface area contributed by atoms with E-state index in [2.05, 4.69) is 11.9 Å². The molecule has 0 saturated carbocycles. The van der Waals surface area contributed by atoms with Crippen LogP contribution in [0.5, 0.6) is 11.5 Å². The summed E-state index contributed by atoms with van der Waals surface area (Å²) in [6.07, 6.45) is 2.69. The van der Waals surface area contributed by atoms with E-state index in [0.29, 0.717) is 29.0 Å². The van der Waals surface area contributed by atoms with Crippen LogP contribution in [0.25, 0.3) is 33.5 Å². The molecule has 0 N–H and O–H groups in total. The van der Waals surface area contributed by atoms with Crippen LogP contribution in [0.1, 0.15) is 44.2 Å². The van der Waals surface area contributed by atoms with Crippen LogP contribution >= 0.6 is 0 Å². The summed E-state index contributed by atoms with van der Waals surface area (Å²) in [5.41, 5.74) is 4.08. The molecule has 0 aliphatic rings. The number of aromatic nitrogens is 1. The van der Waals surface area contributed by atoms with E-state index in [9.17, 15) is 4.39 Å². The summed E-state index contributed by atoms with van der Waals surface area (Å²) >= 11 is 0. The molecule has 0 aliphatic carbocycles. The Bertz CT molecular complexity index is 1690. The fraction of sp³-hybridized carbons (Fsp3) is 0.216. The number of unbranched alkanes of at least 4 members (excludes halogenated alkanes) is 2. The highest BCUT2D eigenvalue weighted by atomic mass is 19.3. The van der Waals surface area contributed by atoms with Gasteiger partial charge >= 0.3 is 6.11 Å². The lowest BCUT2D eigenvalue weighted by atomic mass is 9.99. The fourth-order valence-electron chi connectivity index (χ4n) is 4.95. The molecule has 0 amide bonds. The van der Waals surface area contributed by atoms with Gasteiger partial charge in [-0.3, -0.25) is 4.98 Å². The molecule has 0 spiro atoms. The first-order valence-electron chi connectivity index (χ1n) is 14.7. The Morgan fingerprint density at radius 1 is 0.682 bits per heavy atom. The second-order valence-corrected chi connectivity index (χ2v) is 10.5. The summed E-state index contributed by atoms with van der Waals surface area (Å²) in [7, 11) is 0. The molecule has 226 valence electrons. The Morgan fingerprint density at radius 3 is 2.00 bits per heavy atom. The van der Waals surface area contributed by atoms with Gasteiger partial charge in [0.05, 0.1) is 17.9 Å². The Hall–Kier alpha value is -4.65. The van der Waals surface area contributed by atoms with Gasteiger partial charge in [0.2, 0.25) is 0 Å². The molecule has 44 heavy (non-hydrogen) atoms. The molecule has 3 nitrogen and oxygen atoms in total. The third kappa shape index (κ3) is 7.28. The molecule has 0 unspecified atom stereocenters. The van der Waals surface area contributed by atoms with Crippen molar-refractivity contribution in [1.29, 1.82) is 0 Å². The van der Waals surface area contributed by atoms with Crippen molar-refractivity contribution in [3.63, 3.8) is 0 Å². The van der Waals surface area contributed by atoms with E-state index in [4.69, 9.17) is 9.47 Å². The molecular formula is C37H33F4NO2. The number of pyridine rings is 1. The van der Waals surface area contributed by atoms with Gasteiger partial charge in [0.1, 0.15) is 11.6 Å². The first-order chi connectivity index (χ1) is 21.3. The molecular weight excluding hydrogens is 566 g/mol. The van der Waals surface area contributed by atoms with Crippen molar-refractivity contribution >= 4 is 0 Å². The van der Waals surface area contributed by atoms with Crippen molar-refractivity contribution in [2.24, 2.45) is 0 Å². The van der Waals surface area contributed by atoms with E-state index in [1.807, 2.05) is 18.3 Å². The number of aryl methyl sites for hydroxylation is 1. The topological polar surface area (TPSA) is 31.4 Å². The minimum Gasteiger partial charge on any atom is -0.491 e. The zero-order valence-electron chi connectivity index (χ0n) is 24.6.